The van der Waals surface area contributed by atoms with Crippen molar-refractivity contribution in [3.63, 3.8) is 0 Å². The summed E-state index contributed by atoms with van der Waals surface area (Å²) >= 11 is 0. The maximum absolute atomic E-state index is 13.8. The van der Waals surface area contributed by atoms with E-state index in [4.69, 9.17) is 11.5 Å². The number of aromatic nitrogens is 1. The first-order valence-corrected chi connectivity index (χ1v) is 17.7. The van der Waals surface area contributed by atoms with Gasteiger partial charge in [0.25, 0.3) is 5.91 Å². The van der Waals surface area contributed by atoms with Gasteiger partial charge in [0.1, 0.15) is 17.9 Å². The maximum Gasteiger partial charge on any atom is 0.488 e. The van der Waals surface area contributed by atoms with Crippen LogP contribution in [0.5, 0.6) is 5.75 Å². The number of pyridine rings is 1. The second kappa shape index (κ2) is 17.6. The zero-order valence-electron chi connectivity index (χ0n) is 25.7. The van der Waals surface area contributed by atoms with Crippen LogP contribution in [0.4, 0.5) is 8.28 Å². The summed E-state index contributed by atoms with van der Waals surface area (Å²) in [5.74, 6) is -3.39. The summed E-state index contributed by atoms with van der Waals surface area (Å²) in [5, 5.41) is 8.04. The number of carbonyl (C=O) groups is 3. The first kappa shape index (κ1) is 38.0. The number of sulfonamides is 1. The number of amides is 3. The molecule has 0 bridgehead atoms. The van der Waals surface area contributed by atoms with Crippen LogP contribution in [-0.2, 0) is 30.1 Å². The number of benzene rings is 1. The van der Waals surface area contributed by atoms with Crippen LogP contribution in [0.15, 0.2) is 52.6 Å². The van der Waals surface area contributed by atoms with E-state index < -0.39 is 66.8 Å². The van der Waals surface area contributed by atoms with Gasteiger partial charge in [0, 0.05) is 25.3 Å². The lowest BCUT2D eigenvalue weighted by Gasteiger charge is -2.29. The van der Waals surface area contributed by atoms with Gasteiger partial charge in [0.05, 0.1) is 16.7 Å². The standard InChI is InChI=1S/C28H38F2N8O8S2/c29-19-6-3-9-22(15-19)47(42,43)38-24(10-1-2-12-34-25(39)18-14-21(17-33-16-18)46-48(30,44)45)27(41)37-23(11-5-13-35-28(31)32)26(40)36-20-7-4-8-20/h3,6,9,14-17,20,23-24,38H,1-2,4-5,7-8,10-13H2,(H,34,39)(H,36,40)(H,37,41)(H4,31,32,35). The molecule has 1 fully saturated rings. The molecule has 0 radical (unpaired) electrons. The van der Waals surface area contributed by atoms with Gasteiger partial charge in [-0.2, -0.15) is 13.1 Å². The third-order valence-corrected chi connectivity index (χ3v) is 8.99. The topological polar surface area (TPSA) is 254 Å². The number of hydrogen-bond donors (Lipinski definition) is 6. The van der Waals surface area contributed by atoms with E-state index in [-0.39, 0.29) is 56.3 Å². The Labute approximate surface area is 277 Å². The fourth-order valence-electron chi connectivity index (χ4n) is 4.51. The number of nitrogens with one attached hydrogen (secondary N) is 4. The minimum atomic E-state index is -5.33. The van der Waals surface area contributed by atoms with Gasteiger partial charge in [0.15, 0.2) is 11.7 Å². The van der Waals surface area contributed by atoms with Crippen LogP contribution in [0.25, 0.3) is 0 Å². The van der Waals surface area contributed by atoms with Gasteiger partial charge >= 0.3 is 10.5 Å². The molecule has 8 N–H and O–H groups in total. The van der Waals surface area contributed by atoms with Crippen molar-refractivity contribution < 1.29 is 43.7 Å². The van der Waals surface area contributed by atoms with E-state index in [0.717, 1.165) is 55.9 Å². The lowest BCUT2D eigenvalue weighted by molar-refractivity contribution is -0.130. The van der Waals surface area contributed by atoms with Crippen LogP contribution in [0.1, 0.15) is 61.7 Å². The fourth-order valence-corrected chi connectivity index (χ4v) is 6.10. The Hall–Kier alpha value is -4.43. The predicted molar refractivity (Wildman–Crippen MR) is 169 cm³/mol. The van der Waals surface area contributed by atoms with E-state index in [9.17, 15) is 39.5 Å². The largest absolute Gasteiger partial charge is 0.488 e. The highest BCUT2D eigenvalue weighted by Crippen LogP contribution is 2.19. The highest BCUT2D eigenvalue weighted by molar-refractivity contribution is 7.89. The van der Waals surface area contributed by atoms with Gasteiger partial charge in [-0.1, -0.05) is 9.95 Å². The van der Waals surface area contributed by atoms with Gasteiger partial charge in [-0.15, -0.1) is 0 Å². The first-order chi connectivity index (χ1) is 22.6. The number of unbranched alkanes of at least 4 members (excludes halogenated alkanes) is 1. The van der Waals surface area contributed by atoms with Crippen LogP contribution >= 0.6 is 0 Å². The number of aliphatic imine (C=N–C) groups is 1. The molecule has 0 saturated heterocycles. The van der Waals surface area contributed by atoms with Crippen molar-refractivity contribution in [2.45, 2.75) is 74.4 Å². The molecule has 2 atom stereocenters. The summed E-state index contributed by atoms with van der Waals surface area (Å²) in [7, 11) is -9.72. The van der Waals surface area contributed by atoms with Crippen molar-refractivity contribution in [2.24, 2.45) is 16.5 Å². The lowest BCUT2D eigenvalue weighted by Crippen LogP contribution is -2.55. The van der Waals surface area contributed by atoms with Gasteiger partial charge in [-0.25, -0.2) is 12.8 Å². The number of rotatable bonds is 19. The molecule has 3 amide bonds. The second-order valence-electron chi connectivity index (χ2n) is 10.9. The number of halogens is 2. The Morgan fingerprint density at radius 2 is 1.73 bits per heavy atom. The number of nitrogens with two attached hydrogens (primary N) is 2. The van der Waals surface area contributed by atoms with Crippen LogP contribution < -0.4 is 36.3 Å². The normalized spacial score (nSPS) is 14.5. The van der Waals surface area contributed by atoms with Crippen molar-refractivity contribution in [2.75, 3.05) is 13.1 Å². The van der Waals surface area contributed by atoms with Gasteiger partial charge < -0.3 is 31.6 Å². The van der Waals surface area contributed by atoms with Gasteiger partial charge in [-0.05, 0) is 75.6 Å². The highest BCUT2D eigenvalue weighted by Gasteiger charge is 2.31. The first-order valence-electron chi connectivity index (χ1n) is 14.9. The smallest absolute Gasteiger partial charge is 0.370 e. The fraction of sp³-hybridized carbons (Fsp3) is 0.464. The average Bonchev–Trinajstić information content (AvgIpc) is 2.98. The van der Waals surface area contributed by atoms with Crippen molar-refractivity contribution in [3.8, 4) is 5.75 Å². The van der Waals surface area contributed by atoms with Crippen LogP contribution in [0.2, 0.25) is 0 Å². The Bertz CT molecular complexity index is 1690. The number of guanidine groups is 1. The SMILES string of the molecule is NC(N)=NCCCC(NC(=O)C(CCCCNC(=O)c1cncc(OS(=O)(=O)F)c1)NS(=O)(=O)c1cccc(F)c1)C(=O)NC1CCC1. The Balaban J connectivity index is 1.68. The van der Waals surface area contributed by atoms with E-state index in [0.29, 0.717) is 6.42 Å². The van der Waals surface area contributed by atoms with E-state index in [1.54, 1.807) is 0 Å². The van der Waals surface area contributed by atoms with Crippen molar-refractivity contribution >= 4 is 44.2 Å². The highest BCUT2D eigenvalue weighted by atomic mass is 32.3. The monoisotopic (exact) mass is 716 g/mol. The molecule has 0 spiro atoms. The van der Waals surface area contributed by atoms with E-state index in [2.05, 4.69) is 34.8 Å². The van der Waals surface area contributed by atoms with Crippen LogP contribution in [-0.4, -0.2) is 76.7 Å². The molecule has 16 nitrogen and oxygen atoms in total. The zero-order chi connectivity index (χ0) is 35.3. The molecule has 1 aromatic carbocycles. The maximum atomic E-state index is 13.8. The third kappa shape index (κ3) is 13.0. The predicted octanol–water partition coefficient (Wildman–Crippen LogP) is 0.268. The molecule has 48 heavy (non-hydrogen) atoms. The average molecular weight is 717 g/mol. The molecule has 2 unspecified atom stereocenters. The number of carbonyl (C=O) groups excluding carboxylic acids is 3. The van der Waals surface area contributed by atoms with Crippen LogP contribution in [0.3, 0.4) is 0 Å². The molecule has 1 aliphatic carbocycles. The summed E-state index contributed by atoms with van der Waals surface area (Å²) in [5.41, 5.74) is 10.6. The molecule has 1 aromatic heterocycles. The summed E-state index contributed by atoms with van der Waals surface area (Å²) in [4.78, 5) is 46.2. The number of nitrogens with zero attached hydrogens (tertiary/aromatic N) is 2. The van der Waals surface area contributed by atoms with Gasteiger partial charge in [-0.3, -0.25) is 24.4 Å². The number of hydrogen-bond acceptors (Lipinski definition) is 10. The lowest BCUT2D eigenvalue weighted by atomic mass is 9.92. The Morgan fingerprint density at radius 1 is 1.00 bits per heavy atom. The molecule has 2 aromatic rings. The Morgan fingerprint density at radius 3 is 2.38 bits per heavy atom. The molecule has 264 valence electrons. The zero-order valence-corrected chi connectivity index (χ0v) is 27.4. The van der Waals surface area contributed by atoms with Crippen LogP contribution in [0, 0.1) is 5.82 Å². The van der Waals surface area contributed by atoms with E-state index in [1.165, 1.54) is 6.07 Å². The quantitative estimate of drug-likeness (QED) is 0.0498. The molecule has 0 aliphatic heterocycles. The second-order valence-corrected chi connectivity index (χ2v) is 13.6. The van der Waals surface area contributed by atoms with Crippen molar-refractivity contribution in [3.05, 3.63) is 54.1 Å². The molecule has 1 heterocycles. The summed E-state index contributed by atoms with van der Waals surface area (Å²) < 4.78 is 80.7. The van der Waals surface area contributed by atoms with Crippen molar-refractivity contribution in [1.29, 1.82) is 0 Å². The Kier molecular flexibility index (Phi) is 14.0. The van der Waals surface area contributed by atoms with E-state index >= 15 is 0 Å². The summed E-state index contributed by atoms with van der Waals surface area (Å²) in [6, 6.07) is 2.72. The minimum absolute atomic E-state index is 0.0328. The molecule has 3 rings (SSSR count). The molecule has 1 saturated carbocycles. The summed E-state index contributed by atoms with van der Waals surface area (Å²) in [6.07, 6.45) is 5.37. The van der Waals surface area contributed by atoms with Crippen molar-refractivity contribution in [1.82, 2.24) is 25.7 Å². The molecular formula is C28H38F2N8O8S2. The van der Waals surface area contributed by atoms with E-state index in [1.807, 2.05) is 0 Å². The molecule has 20 heteroatoms. The minimum Gasteiger partial charge on any atom is -0.370 e. The van der Waals surface area contributed by atoms with Gasteiger partial charge in [0.2, 0.25) is 21.8 Å². The third-order valence-electron chi connectivity index (χ3n) is 7.13. The molecular weight excluding hydrogens is 678 g/mol. The summed E-state index contributed by atoms with van der Waals surface area (Å²) in [6.45, 7) is 0.225. The molecule has 1 aliphatic rings.